The molecule has 2 aliphatic rings. The molecule has 4 amide bonds. The molecule has 0 fully saturated rings. The first kappa shape index (κ1) is 19.7. The molecule has 0 bridgehead atoms. The second-order valence-electron chi connectivity index (χ2n) is 7.75. The number of imide groups is 2. The number of benzene rings is 2. The lowest BCUT2D eigenvalue weighted by Gasteiger charge is -2.18. The van der Waals surface area contributed by atoms with Crippen molar-refractivity contribution in [3.63, 3.8) is 0 Å². The van der Waals surface area contributed by atoms with Gasteiger partial charge in [0.2, 0.25) is 0 Å². The van der Waals surface area contributed by atoms with E-state index in [4.69, 9.17) is 0 Å². The molecule has 30 heavy (non-hydrogen) atoms. The van der Waals surface area contributed by atoms with Gasteiger partial charge in [-0.3, -0.25) is 34.2 Å². The number of amides is 4. The summed E-state index contributed by atoms with van der Waals surface area (Å²) >= 11 is 0. The van der Waals surface area contributed by atoms with Gasteiger partial charge in [-0.05, 0) is 36.6 Å². The minimum absolute atomic E-state index is 0.148. The number of rotatable bonds is 6. The summed E-state index contributed by atoms with van der Waals surface area (Å²) < 4.78 is 0. The van der Waals surface area contributed by atoms with Crippen LogP contribution in [-0.4, -0.2) is 40.9 Å². The number of fused-ring (bicyclic) bond motifs is 2. The first-order valence-electron chi connectivity index (χ1n) is 9.86. The minimum Gasteiger partial charge on any atom is -0.289 e. The monoisotopic (exact) mass is 404 g/mol. The van der Waals surface area contributed by atoms with Crippen LogP contribution in [-0.2, 0) is 0 Å². The van der Waals surface area contributed by atoms with E-state index in [9.17, 15) is 24.0 Å². The quantitative estimate of drug-likeness (QED) is 0.589. The molecule has 1 unspecified atom stereocenters. The summed E-state index contributed by atoms with van der Waals surface area (Å²) in [6.07, 6.45) is 1.87. The highest BCUT2D eigenvalue weighted by atomic mass is 16.2. The molecule has 0 saturated heterocycles. The Morgan fingerprint density at radius 3 is 2.10 bits per heavy atom. The standard InChI is InChI=1S/C23H20N2O5/c1-3-4-12(2)11-25-22(29)16-8-6-14(10-18(16)23(25)30)19(26)13-5-7-15-17(9-13)21(28)24-20(15)27/h5-10,12H,3-4,11H2,1-2H3,(H,24,27,28). The molecule has 1 atom stereocenters. The van der Waals surface area contributed by atoms with Gasteiger partial charge in [0, 0.05) is 17.7 Å². The van der Waals surface area contributed by atoms with E-state index in [1.165, 1.54) is 41.3 Å². The van der Waals surface area contributed by atoms with E-state index < -0.39 is 23.5 Å². The van der Waals surface area contributed by atoms with Crippen LogP contribution >= 0.6 is 0 Å². The maximum Gasteiger partial charge on any atom is 0.261 e. The molecule has 0 aromatic heterocycles. The van der Waals surface area contributed by atoms with Crippen molar-refractivity contribution in [2.75, 3.05) is 6.54 Å². The van der Waals surface area contributed by atoms with Crippen LogP contribution in [0.3, 0.4) is 0 Å². The molecular weight excluding hydrogens is 384 g/mol. The van der Waals surface area contributed by atoms with E-state index in [2.05, 4.69) is 12.2 Å². The van der Waals surface area contributed by atoms with Gasteiger partial charge in [0.1, 0.15) is 0 Å². The van der Waals surface area contributed by atoms with Crippen molar-refractivity contribution >= 4 is 29.4 Å². The first-order chi connectivity index (χ1) is 14.3. The smallest absolute Gasteiger partial charge is 0.261 e. The van der Waals surface area contributed by atoms with Crippen LogP contribution in [0, 0.1) is 5.92 Å². The van der Waals surface area contributed by atoms with E-state index in [1.54, 1.807) is 0 Å². The number of nitrogens with zero attached hydrogens (tertiary/aromatic N) is 1. The molecule has 0 saturated carbocycles. The topological polar surface area (TPSA) is 101 Å². The highest BCUT2D eigenvalue weighted by Crippen LogP contribution is 2.27. The van der Waals surface area contributed by atoms with Crippen LogP contribution in [0.1, 0.15) is 84.0 Å². The van der Waals surface area contributed by atoms with Gasteiger partial charge in [-0.2, -0.15) is 0 Å². The van der Waals surface area contributed by atoms with Crippen molar-refractivity contribution in [2.24, 2.45) is 5.92 Å². The van der Waals surface area contributed by atoms with Crippen molar-refractivity contribution in [3.05, 3.63) is 69.8 Å². The number of carbonyl (C=O) groups is 5. The van der Waals surface area contributed by atoms with Gasteiger partial charge in [-0.25, -0.2) is 0 Å². The maximum atomic E-state index is 12.9. The van der Waals surface area contributed by atoms with Crippen LogP contribution in [0.25, 0.3) is 0 Å². The Morgan fingerprint density at radius 2 is 1.43 bits per heavy atom. The lowest BCUT2D eigenvalue weighted by Crippen LogP contribution is -2.33. The molecule has 4 rings (SSSR count). The molecule has 1 N–H and O–H groups in total. The number of carbonyl (C=O) groups excluding carboxylic acids is 5. The van der Waals surface area contributed by atoms with Crippen LogP contribution in [0.2, 0.25) is 0 Å². The number of hydrogen-bond donors (Lipinski definition) is 1. The zero-order chi connectivity index (χ0) is 21.6. The summed E-state index contributed by atoms with van der Waals surface area (Å²) in [7, 11) is 0. The molecule has 2 heterocycles. The number of hydrogen-bond acceptors (Lipinski definition) is 5. The van der Waals surface area contributed by atoms with Gasteiger partial charge in [-0.15, -0.1) is 0 Å². The zero-order valence-electron chi connectivity index (χ0n) is 16.7. The third-order valence-electron chi connectivity index (χ3n) is 5.51. The Kier molecular flexibility index (Phi) is 4.81. The van der Waals surface area contributed by atoms with Crippen LogP contribution in [0.4, 0.5) is 0 Å². The van der Waals surface area contributed by atoms with Crippen LogP contribution in [0.5, 0.6) is 0 Å². The maximum absolute atomic E-state index is 12.9. The zero-order valence-corrected chi connectivity index (χ0v) is 16.7. The summed E-state index contributed by atoms with van der Waals surface area (Å²) in [5.41, 5.74) is 1.34. The Morgan fingerprint density at radius 1 is 0.867 bits per heavy atom. The summed E-state index contributed by atoms with van der Waals surface area (Å²) in [6, 6.07) is 8.71. The highest BCUT2D eigenvalue weighted by molar-refractivity contribution is 6.24. The molecular formula is C23H20N2O5. The third kappa shape index (κ3) is 3.12. The van der Waals surface area contributed by atoms with Gasteiger partial charge in [0.05, 0.1) is 22.3 Å². The van der Waals surface area contributed by atoms with Crippen LogP contribution < -0.4 is 5.32 Å². The van der Waals surface area contributed by atoms with E-state index in [1.807, 2.05) is 6.92 Å². The lowest BCUT2D eigenvalue weighted by atomic mass is 9.96. The average molecular weight is 404 g/mol. The molecule has 2 aromatic rings. The lowest BCUT2D eigenvalue weighted by molar-refractivity contribution is 0.0629. The average Bonchev–Trinajstić information content (AvgIpc) is 3.15. The number of ketones is 1. The largest absolute Gasteiger partial charge is 0.289 e. The third-order valence-corrected chi connectivity index (χ3v) is 5.51. The van der Waals surface area contributed by atoms with Gasteiger partial charge < -0.3 is 0 Å². The molecule has 0 aliphatic carbocycles. The van der Waals surface area contributed by atoms with Gasteiger partial charge in [-0.1, -0.05) is 32.4 Å². The normalized spacial score (nSPS) is 15.9. The Balaban J connectivity index is 1.63. The van der Waals surface area contributed by atoms with Crippen molar-refractivity contribution in [3.8, 4) is 0 Å². The van der Waals surface area contributed by atoms with Gasteiger partial charge in [0.25, 0.3) is 23.6 Å². The predicted octanol–water partition coefficient (Wildman–Crippen LogP) is 2.83. The van der Waals surface area contributed by atoms with E-state index >= 15 is 0 Å². The molecule has 0 spiro atoms. The predicted molar refractivity (Wildman–Crippen MR) is 108 cm³/mol. The fourth-order valence-corrected chi connectivity index (χ4v) is 3.97. The van der Waals surface area contributed by atoms with Crippen LogP contribution in [0.15, 0.2) is 36.4 Å². The molecule has 0 radical (unpaired) electrons. The van der Waals surface area contributed by atoms with Crippen molar-refractivity contribution in [2.45, 2.75) is 26.7 Å². The molecule has 2 aromatic carbocycles. The molecule has 152 valence electrons. The van der Waals surface area contributed by atoms with E-state index in [-0.39, 0.29) is 39.6 Å². The second kappa shape index (κ2) is 7.33. The molecule has 2 aliphatic heterocycles. The first-order valence-corrected chi connectivity index (χ1v) is 9.86. The molecule has 7 nitrogen and oxygen atoms in total. The van der Waals surface area contributed by atoms with Crippen molar-refractivity contribution < 1.29 is 24.0 Å². The van der Waals surface area contributed by atoms with E-state index in [0.29, 0.717) is 12.1 Å². The number of nitrogens with one attached hydrogen (secondary N) is 1. The summed E-state index contributed by atoms with van der Waals surface area (Å²) in [5.74, 6) is -1.98. The summed E-state index contributed by atoms with van der Waals surface area (Å²) in [4.78, 5) is 63.2. The highest BCUT2D eigenvalue weighted by Gasteiger charge is 2.36. The summed E-state index contributed by atoms with van der Waals surface area (Å²) in [5, 5.41) is 2.19. The second-order valence-corrected chi connectivity index (χ2v) is 7.75. The fourth-order valence-electron chi connectivity index (χ4n) is 3.97. The SMILES string of the molecule is CCCC(C)CN1C(=O)c2ccc(C(=O)c3ccc4c(c3)C(=O)NC4=O)cc2C1=O. The fraction of sp³-hybridized carbons (Fsp3) is 0.261. The van der Waals surface area contributed by atoms with Gasteiger partial charge in [0.15, 0.2) is 5.78 Å². The Bertz CT molecular complexity index is 1130. The Hall–Kier alpha value is -3.61. The van der Waals surface area contributed by atoms with Crippen molar-refractivity contribution in [1.29, 1.82) is 0 Å². The van der Waals surface area contributed by atoms with Crippen molar-refractivity contribution in [1.82, 2.24) is 10.2 Å². The van der Waals surface area contributed by atoms with Gasteiger partial charge >= 0.3 is 0 Å². The summed E-state index contributed by atoms with van der Waals surface area (Å²) in [6.45, 7) is 4.39. The van der Waals surface area contributed by atoms with E-state index in [0.717, 1.165) is 12.8 Å². The molecule has 7 heteroatoms. The Labute approximate surface area is 173 Å². The minimum atomic E-state index is -0.545.